The van der Waals surface area contributed by atoms with Gasteiger partial charge in [-0.2, -0.15) is 26.3 Å². The van der Waals surface area contributed by atoms with Gasteiger partial charge in [0.1, 0.15) is 51.6 Å². The van der Waals surface area contributed by atoms with Crippen LogP contribution in [0.2, 0.25) is 10.0 Å². The van der Waals surface area contributed by atoms with Crippen molar-refractivity contribution in [3.8, 4) is 23.0 Å². The largest absolute Gasteiger partial charge is 0.463 e. The van der Waals surface area contributed by atoms with E-state index in [0.717, 1.165) is 78.9 Å². The van der Waals surface area contributed by atoms with E-state index < -0.39 is 98.3 Å². The first-order chi connectivity index (χ1) is 29.9. The summed E-state index contributed by atoms with van der Waals surface area (Å²) < 4.78 is 138. The van der Waals surface area contributed by atoms with Crippen molar-refractivity contribution in [2.75, 3.05) is 11.9 Å². The van der Waals surface area contributed by atoms with E-state index in [0.29, 0.717) is 12.1 Å². The van der Waals surface area contributed by atoms with Gasteiger partial charge in [0.05, 0.1) is 38.4 Å². The average molecular weight is 951 g/mol. The van der Waals surface area contributed by atoms with Crippen LogP contribution in [0.4, 0.5) is 55.7 Å². The van der Waals surface area contributed by atoms with Crippen LogP contribution in [-0.4, -0.2) is 41.5 Å². The van der Waals surface area contributed by atoms with Crippen molar-refractivity contribution in [2.45, 2.75) is 32.3 Å². The normalized spacial score (nSPS) is 11.6. The molecule has 1 atom stereocenters. The lowest BCUT2D eigenvalue weighted by Crippen LogP contribution is -2.35. The molecule has 0 aromatic heterocycles. The predicted molar refractivity (Wildman–Crippen MR) is 207 cm³/mol. The molecule has 64 heavy (non-hydrogen) atoms. The zero-order chi connectivity index (χ0) is 47.7. The maximum absolute atomic E-state index is 14.3. The lowest BCUT2D eigenvalue weighted by molar-refractivity contribution is -0.385. The van der Waals surface area contributed by atoms with E-state index in [1.807, 2.05) is 5.32 Å². The molecule has 0 aliphatic heterocycles. The zero-order valence-corrected chi connectivity index (χ0v) is 33.6. The fourth-order valence-electron chi connectivity index (χ4n) is 4.90. The maximum atomic E-state index is 14.3. The van der Waals surface area contributed by atoms with Gasteiger partial charge < -0.3 is 24.3 Å². The summed E-state index contributed by atoms with van der Waals surface area (Å²) in [5.41, 5.74) is -4.59. The summed E-state index contributed by atoms with van der Waals surface area (Å²) in [5.74, 6) is -7.53. The monoisotopic (exact) mass is 949 g/mol. The maximum Gasteiger partial charge on any atom is 0.416 e. The molecule has 0 fully saturated rings. The van der Waals surface area contributed by atoms with Crippen LogP contribution in [0.1, 0.15) is 45.7 Å². The van der Waals surface area contributed by atoms with Gasteiger partial charge in [0.15, 0.2) is 6.10 Å². The SMILES string of the molecule is CCOC(=O)C(C)OC(=O)c1cc(Oc2ccc(C(F)(F)F)cc2Cl)ccc1[N+](=O)[O-].O=C(NC(=O)c1c(F)cccc1F)Nc1ccc(Oc2ccc(C(F)(F)F)cc2Cl)cc1F. The van der Waals surface area contributed by atoms with Gasteiger partial charge in [-0.05, 0) is 80.6 Å². The molecule has 338 valence electrons. The van der Waals surface area contributed by atoms with E-state index in [-0.39, 0.29) is 39.7 Å². The minimum absolute atomic E-state index is 0.0398. The van der Waals surface area contributed by atoms with Crippen LogP contribution >= 0.6 is 23.2 Å². The van der Waals surface area contributed by atoms with Crippen LogP contribution in [0.3, 0.4) is 0 Å². The van der Waals surface area contributed by atoms with Crippen LogP contribution in [0, 0.1) is 27.6 Å². The summed E-state index contributed by atoms with van der Waals surface area (Å²) in [4.78, 5) is 58.2. The fraction of sp³-hybridized carbons (Fsp3) is 0.150. The Morgan fingerprint density at radius 1 is 0.734 bits per heavy atom. The van der Waals surface area contributed by atoms with Crippen molar-refractivity contribution in [1.82, 2.24) is 5.32 Å². The highest BCUT2D eigenvalue weighted by Gasteiger charge is 2.33. The summed E-state index contributed by atoms with van der Waals surface area (Å²) in [6, 6.07) is 12.1. The van der Waals surface area contributed by atoms with Crippen LogP contribution < -0.4 is 20.1 Å². The molecule has 0 bridgehead atoms. The van der Waals surface area contributed by atoms with Gasteiger partial charge in [-0.3, -0.25) is 20.2 Å². The Labute approximate surface area is 363 Å². The molecule has 0 spiro atoms. The highest BCUT2D eigenvalue weighted by Crippen LogP contribution is 2.39. The number of alkyl halides is 6. The number of amides is 3. The Kier molecular flexibility index (Phi) is 16.2. The molecule has 0 radical (unpaired) electrons. The van der Waals surface area contributed by atoms with Crippen LogP contribution in [0.5, 0.6) is 23.0 Å². The minimum Gasteiger partial charge on any atom is -0.463 e. The number of benzene rings is 5. The molecular formula is C40H26Cl2F9N3O10. The van der Waals surface area contributed by atoms with Crippen LogP contribution in [0.25, 0.3) is 0 Å². The minimum atomic E-state index is -4.61. The number of anilines is 1. The topological polar surface area (TPSA) is 172 Å². The van der Waals surface area contributed by atoms with Crippen molar-refractivity contribution in [3.63, 3.8) is 0 Å². The molecule has 1 unspecified atom stereocenters. The number of hydrogen-bond donors (Lipinski definition) is 2. The third-order valence-electron chi connectivity index (χ3n) is 7.87. The van der Waals surface area contributed by atoms with Gasteiger partial charge in [-0.1, -0.05) is 29.3 Å². The second-order valence-electron chi connectivity index (χ2n) is 12.4. The molecule has 0 saturated carbocycles. The van der Waals surface area contributed by atoms with Gasteiger partial charge >= 0.3 is 30.3 Å². The Bertz CT molecular complexity index is 2580. The van der Waals surface area contributed by atoms with Gasteiger partial charge in [-0.25, -0.2) is 27.6 Å². The first kappa shape index (κ1) is 49.6. The number of ether oxygens (including phenoxy) is 4. The first-order valence-corrected chi connectivity index (χ1v) is 18.3. The highest BCUT2D eigenvalue weighted by molar-refractivity contribution is 6.32. The highest BCUT2D eigenvalue weighted by atomic mass is 35.5. The Hall–Kier alpha value is -7.07. The first-order valence-electron chi connectivity index (χ1n) is 17.5. The van der Waals surface area contributed by atoms with E-state index in [1.165, 1.54) is 6.92 Å². The third-order valence-corrected chi connectivity index (χ3v) is 8.46. The van der Waals surface area contributed by atoms with E-state index in [1.54, 1.807) is 12.2 Å². The number of carbonyl (C=O) groups excluding carboxylic acids is 4. The molecule has 5 rings (SSSR count). The Balaban J connectivity index is 0.000000281. The number of rotatable bonds is 11. The number of hydrogen-bond acceptors (Lipinski definition) is 10. The molecule has 5 aromatic carbocycles. The molecule has 0 saturated heterocycles. The second-order valence-corrected chi connectivity index (χ2v) is 13.2. The summed E-state index contributed by atoms with van der Waals surface area (Å²) >= 11 is 11.6. The van der Waals surface area contributed by atoms with Crippen molar-refractivity contribution in [2.24, 2.45) is 0 Å². The summed E-state index contributed by atoms with van der Waals surface area (Å²) in [6.45, 7) is 2.81. The van der Waals surface area contributed by atoms with E-state index in [4.69, 9.17) is 42.1 Å². The van der Waals surface area contributed by atoms with Crippen molar-refractivity contribution >= 4 is 58.5 Å². The van der Waals surface area contributed by atoms with E-state index in [9.17, 15) is 68.8 Å². The number of carbonyl (C=O) groups is 4. The third kappa shape index (κ3) is 13.2. The molecule has 0 aliphatic carbocycles. The standard InChI is InChI=1S/C21H11ClF6N2O3.C19H15ClF3NO7/c22-12-8-10(21(26,27)28)4-7-17(12)33-11-5-6-16(15(25)9-11)29-20(32)30-19(31)18-13(23)2-1-3-14(18)24;1-3-29-17(25)10(2)30-18(26)13-9-12(5-6-15(13)24(27)28)31-16-7-4-11(8-14(16)20)19(21,22)23/h1-9H,(H2,29,30,31,32);4-10H,3H2,1-2H3. The molecule has 24 heteroatoms. The number of nitrogens with zero attached hydrogens (tertiary/aromatic N) is 1. The summed E-state index contributed by atoms with van der Waals surface area (Å²) in [6.07, 6.45) is -10.6. The van der Waals surface area contributed by atoms with Gasteiger partial charge in [-0.15, -0.1) is 0 Å². The lowest BCUT2D eigenvalue weighted by Gasteiger charge is -2.13. The number of urea groups is 1. The Morgan fingerprint density at radius 3 is 1.72 bits per heavy atom. The smallest absolute Gasteiger partial charge is 0.416 e. The molecular weight excluding hydrogens is 924 g/mol. The van der Waals surface area contributed by atoms with E-state index in [2.05, 4.69) is 0 Å². The van der Waals surface area contributed by atoms with Gasteiger partial charge in [0, 0.05) is 18.2 Å². The number of nitro groups is 1. The molecule has 13 nitrogen and oxygen atoms in total. The van der Waals surface area contributed by atoms with Crippen LogP contribution in [-0.2, 0) is 26.6 Å². The number of nitro benzene ring substituents is 1. The van der Waals surface area contributed by atoms with Crippen molar-refractivity contribution in [3.05, 3.63) is 151 Å². The number of nitrogens with one attached hydrogen (secondary N) is 2. The van der Waals surface area contributed by atoms with Gasteiger partial charge in [0.25, 0.3) is 11.6 Å². The van der Waals surface area contributed by atoms with Crippen molar-refractivity contribution in [1.29, 1.82) is 0 Å². The quantitative estimate of drug-likeness (QED) is 0.0561. The average Bonchev–Trinajstić information content (AvgIpc) is 3.19. The van der Waals surface area contributed by atoms with Crippen LogP contribution in [0.15, 0.2) is 91.0 Å². The molecule has 0 aliphatic rings. The predicted octanol–water partition coefficient (Wildman–Crippen LogP) is 11.7. The molecule has 5 aromatic rings. The summed E-state index contributed by atoms with van der Waals surface area (Å²) in [7, 11) is 0. The second kappa shape index (κ2) is 20.9. The fourth-order valence-corrected chi connectivity index (χ4v) is 5.34. The van der Waals surface area contributed by atoms with Crippen molar-refractivity contribution < 1.29 is 82.6 Å². The zero-order valence-electron chi connectivity index (χ0n) is 32.1. The lowest BCUT2D eigenvalue weighted by atomic mass is 10.1. The number of imide groups is 1. The molecule has 2 N–H and O–H groups in total. The molecule has 0 heterocycles. The number of esters is 2. The Morgan fingerprint density at radius 2 is 1.25 bits per heavy atom. The van der Waals surface area contributed by atoms with Gasteiger partial charge in [0.2, 0.25) is 0 Å². The molecule has 3 amide bonds. The van der Waals surface area contributed by atoms with E-state index >= 15 is 0 Å². The summed E-state index contributed by atoms with van der Waals surface area (Å²) in [5, 5.41) is 14.1. The number of halogens is 11.